The summed E-state index contributed by atoms with van der Waals surface area (Å²) in [6.07, 6.45) is 8.35. The first kappa shape index (κ1) is 18.0. The van der Waals surface area contributed by atoms with Gasteiger partial charge >= 0.3 is 0 Å². The Kier molecular flexibility index (Phi) is 8.79. The van der Waals surface area contributed by atoms with Crippen molar-refractivity contribution in [1.82, 2.24) is 10.2 Å². The van der Waals surface area contributed by atoms with Crippen molar-refractivity contribution in [1.29, 1.82) is 0 Å². The molecule has 120 valence electrons. The van der Waals surface area contributed by atoms with Gasteiger partial charge in [0, 0.05) is 19.1 Å². The second-order valence-corrected chi connectivity index (χ2v) is 6.99. The molecule has 1 saturated carbocycles. The zero-order valence-electron chi connectivity index (χ0n) is 14.6. The van der Waals surface area contributed by atoms with Gasteiger partial charge in [0.2, 0.25) is 0 Å². The average molecular weight is 283 g/mol. The lowest BCUT2D eigenvalue weighted by molar-refractivity contribution is 0.132. The van der Waals surface area contributed by atoms with E-state index >= 15 is 0 Å². The molecule has 0 aromatic carbocycles. The van der Waals surface area contributed by atoms with E-state index in [2.05, 4.69) is 45.0 Å². The molecular formula is C18H38N2. The van der Waals surface area contributed by atoms with Gasteiger partial charge in [-0.2, -0.15) is 0 Å². The highest BCUT2D eigenvalue weighted by Gasteiger charge is 2.30. The van der Waals surface area contributed by atoms with Crippen LogP contribution in [0.1, 0.15) is 66.2 Å². The Labute approximate surface area is 127 Å². The Hall–Kier alpha value is -0.0800. The normalized spacial score (nSPS) is 28.8. The van der Waals surface area contributed by atoms with Gasteiger partial charge in [0.05, 0.1) is 0 Å². The molecule has 20 heavy (non-hydrogen) atoms. The van der Waals surface area contributed by atoms with E-state index in [0.717, 1.165) is 23.8 Å². The summed E-state index contributed by atoms with van der Waals surface area (Å²) >= 11 is 0. The summed E-state index contributed by atoms with van der Waals surface area (Å²) in [7, 11) is 2.16. The molecule has 1 fully saturated rings. The summed E-state index contributed by atoms with van der Waals surface area (Å²) in [6.45, 7) is 13.1. The third-order valence-electron chi connectivity index (χ3n) is 5.37. The van der Waals surface area contributed by atoms with E-state index in [1.165, 1.54) is 58.2 Å². The predicted molar refractivity (Wildman–Crippen MR) is 90.2 cm³/mol. The van der Waals surface area contributed by atoms with Crippen molar-refractivity contribution in [3.8, 4) is 0 Å². The highest BCUT2D eigenvalue weighted by Crippen LogP contribution is 2.32. The molecule has 2 heteroatoms. The maximum absolute atomic E-state index is 3.59. The van der Waals surface area contributed by atoms with Gasteiger partial charge in [-0.15, -0.1) is 0 Å². The Balaban J connectivity index is 2.54. The van der Waals surface area contributed by atoms with Gasteiger partial charge in [0.15, 0.2) is 0 Å². The van der Waals surface area contributed by atoms with E-state index in [-0.39, 0.29) is 0 Å². The van der Waals surface area contributed by atoms with Crippen LogP contribution in [-0.2, 0) is 0 Å². The molecule has 4 unspecified atom stereocenters. The van der Waals surface area contributed by atoms with Crippen molar-refractivity contribution in [3.05, 3.63) is 0 Å². The van der Waals surface area contributed by atoms with Crippen molar-refractivity contribution in [2.24, 2.45) is 17.8 Å². The maximum atomic E-state index is 3.59. The monoisotopic (exact) mass is 282 g/mol. The maximum Gasteiger partial charge on any atom is 0.0105 e. The molecule has 1 rings (SSSR count). The Morgan fingerprint density at radius 2 is 1.95 bits per heavy atom. The summed E-state index contributed by atoms with van der Waals surface area (Å²) in [5.74, 6) is 2.67. The van der Waals surface area contributed by atoms with Crippen LogP contribution in [0, 0.1) is 17.8 Å². The summed E-state index contributed by atoms with van der Waals surface area (Å²) in [5.41, 5.74) is 0. The van der Waals surface area contributed by atoms with Crippen molar-refractivity contribution >= 4 is 0 Å². The molecule has 2 nitrogen and oxygen atoms in total. The predicted octanol–water partition coefficient (Wildman–Crippen LogP) is 4.16. The van der Waals surface area contributed by atoms with Crippen LogP contribution < -0.4 is 5.32 Å². The van der Waals surface area contributed by atoms with Crippen LogP contribution in [-0.4, -0.2) is 37.6 Å². The van der Waals surface area contributed by atoms with Crippen LogP contribution in [0.2, 0.25) is 0 Å². The number of hydrogen-bond donors (Lipinski definition) is 1. The lowest BCUT2D eigenvalue weighted by atomic mass is 9.76. The third-order valence-corrected chi connectivity index (χ3v) is 5.37. The van der Waals surface area contributed by atoms with Crippen molar-refractivity contribution in [2.75, 3.05) is 26.7 Å². The molecule has 1 aliphatic carbocycles. The van der Waals surface area contributed by atoms with Crippen molar-refractivity contribution in [2.45, 2.75) is 72.3 Å². The van der Waals surface area contributed by atoms with Crippen LogP contribution >= 0.6 is 0 Å². The quantitative estimate of drug-likeness (QED) is 0.683. The largest absolute Gasteiger partial charge is 0.317 e. The fourth-order valence-electron chi connectivity index (χ4n) is 3.85. The molecule has 0 aromatic rings. The van der Waals surface area contributed by atoms with Crippen LogP contribution in [0.5, 0.6) is 0 Å². The fraction of sp³-hybridized carbons (Fsp3) is 1.00. The first-order valence-corrected chi connectivity index (χ1v) is 9.04. The molecule has 0 bridgehead atoms. The molecule has 0 radical (unpaired) electrons. The fourth-order valence-corrected chi connectivity index (χ4v) is 3.85. The molecule has 0 aromatic heterocycles. The van der Waals surface area contributed by atoms with E-state index in [1.807, 2.05) is 0 Å². The van der Waals surface area contributed by atoms with E-state index in [1.54, 1.807) is 0 Å². The third kappa shape index (κ3) is 5.73. The minimum absolute atomic E-state index is 0.745. The van der Waals surface area contributed by atoms with Gasteiger partial charge in [-0.3, -0.25) is 0 Å². The number of nitrogens with zero attached hydrogens (tertiary/aromatic N) is 1. The van der Waals surface area contributed by atoms with Gasteiger partial charge in [0.25, 0.3) is 0 Å². The smallest absolute Gasteiger partial charge is 0.0105 e. The van der Waals surface area contributed by atoms with Gasteiger partial charge < -0.3 is 10.2 Å². The lowest BCUT2D eigenvalue weighted by Gasteiger charge is -2.39. The molecule has 1 aliphatic rings. The molecule has 4 atom stereocenters. The minimum Gasteiger partial charge on any atom is -0.317 e. The van der Waals surface area contributed by atoms with Crippen molar-refractivity contribution < 1.29 is 0 Å². The average Bonchev–Trinajstić information content (AvgIpc) is 2.47. The highest BCUT2D eigenvalue weighted by atomic mass is 15.1. The van der Waals surface area contributed by atoms with Crippen LogP contribution in [0.15, 0.2) is 0 Å². The second kappa shape index (κ2) is 9.78. The lowest BCUT2D eigenvalue weighted by Crippen LogP contribution is -2.45. The molecule has 0 heterocycles. The van der Waals surface area contributed by atoms with E-state index in [4.69, 9.17) is 0 Å². The Morgan fingerprint density at radius 3 is 2.50 bits per heavy atom. The van der Waals surface area contributed by atoms with Gasteiger partial charge in [-0.1, -0.05) is 47.0 Å². The van der Waals surface area contributed by atoms with Crippen LogP contribution in [0.25, 0.3) is 0 Å². The topological polar surface area (TPSA) is 15.3 Å². The van der Waals surface area contributed by atoms with Crippen molar-refractivity contribution in [3.63, 3.8) is 0 Å². The Bertz CT molecular complexity index is 242. The summed E-state index contributed by atoms with van der Waals surface area (Å²) in [5, 5.41) is 3.59. The Morgan fingerprint density at radius 1 is 1.20 bits per heavy atom. The minimum atomic E-state index is 0.745. The number of rotatable bonds is 9. The molecule has 0 amide bonds. The molecule has 0 aliphatic heterocycles. The second-order valence-electron chi connectivity index (χ2n) is 6.99. The van der Waals surface area contributed by atoms with E-state index in [0.29, 0.717) is 0 Å². The van der Waals surface area contributed by atoms with Gasteiger partial charge in [-0.25, -0.2) is 0 Å². The zero-order chi connectivity index (χ0) is 15.0. The van der Waals surface area contributed by atoms with Gasteiger partial charge in [0.1, 0.15) is 0 Å². The standard InChI is InChI=1S/C18H38N2/c1-6-9-16-10-11-18(19-5)17(12-16)14-20(8-3)13-15(4)7-2/h15-19H,6-14H2,1-5H3. The van der Waals surface area contributed by atoms with E-state index in [9.17, 15) is 0 Å². The number of hydrogen-bond acceptors (Lipinski definition) is 2. The molecule has 0 spiro atoms. The van der Waals surface area contributed by atoms with Crippen LogP contribution in [0.4, 0.5) is 0 Å². The first-order valence-electron chi connectivity index (χ1n) is 9.04. The molecular weight excluding hydrogens is 244 g/mol. The molecule has 0 saturated heterocycles. The van der Waals surface area contributed by atoms with E-state index < -0.39 is 0 Å². The first-order chi connectivity index (χ1) is 9.64. The van der Waals surface area contributed by atoms with Gasteiger partial charge in [-0.05, 0) is 50.6 Å². The highest BCUT2D eigenvalue weighted by molar-refractivity contribution is 4.86. The summed E-state index contributed by atoms with van der Waals surface area (Å²) in [4.78, 5) is 2.69. The van der Waals surface area contributed by atoms with Crippen LogP contribution in [0.3, 0.4) is 0 Å². The summed E-state index contributed by atoms with van der Waals surface area (Å²) in [6, 6.07) is 0.745. The SMILES string of the molecule is CCCC1CCC(NC)C(CN(CC)CC(C)CC)C1. The molecule has 1 N–H and O–H groups in total. The zero-order valence-corrected chi connectivity index (χ0v) is 14.6. The summed E-state index contributed by atoms with van der Waals surface area (Å²) < 4.78 is 0. The number of nitrogens with one attached hydrogen (secondary N) is 1.